The Hall–Kier alpha value is -1.00. The fraction of sp³-hybridized carbons (Fsp3) is 0.545. The number of hydrogen-bond acceptors (Lipinski definition) is 4. The fourth-order valence-electron chi connectivity index (χ4n) is 1.21. The van der Waals surface area contributed by atoms with Crippen molar-refractivity contribution in [2.24, 2.45) is 0 Å². The molecule has 4 nitrogen and oxygen atoms in total. The van der Waals surface area contributed by atoms with Crippen LogP contribution in [0.1, 0.15) is 13.8 Å². The first kappa shape index (κ1) is 13.1. The van der Waals surface area contributed by atoms with Crippen molar-refractivity contribution in [3.8, 4) is 0 Å². The van der Waals surface area contributed by atoms with E-state index in [-0.39, 0.29) is 0 Å². The topological polar surface area (TPSA) is 54.2 Å². The maximum Gasteiger partial charge on any atom is 0.149 e. The largest absolute Gasteiger partial charge is 0.396 e. The molecule has 0 aliphatic heterocycles. The molecule has 0 atom stereocenters. The molecule has 16 heavy (non-hydrogen) atoms. The van der Waals surface area contributed by atoms with Crippen molar-refractivity contribution in [1.29, 1.82) is 0 Å². The summed E-state index contributed by atoms with van der Waals surface area (Å²) in [6, 6.07) is 2.24. The molecule has 0 spiro atoms. The second kappa shape index (κ2) is 5.92. The lowest BCUT2D eigenvalue weighted by Gasteiger charge is -2.21. The molecular weight excluding hydrogens is 224 g/mol. The zero-order valence-corrected chi connectivity index (χ0v) is 10.8. The molecule has 0 saturated carbocycles. The number of pyridine rings is 1. The zero-order valence-electron chi connectivity index (χ0n) is 10.00. The average molecular weight is 243 g/mol. The summed E-state index contributed by atoms with van der Waals surface area (Å²) >= 11 is 5.76. The van der Waals surface area contributed by atoms with Gasteiger partial charge in [-0.05, 0) is 27.0 Å². The maximum atomic E-state index is 5.78. The highest BCUT2D eigenvalue weighted by Gasteiger charge is 2.04. The second-order valence-electron chi connectivity index (χ2n) is 4.09. The van der Waals surface area contributed by atoms with Gasteiger partial charge in [0, 0.05) is 25.3 Å². The van der Waals surface area contributed by atoms with Crippen LogP contribution in [0.3, 0.4) is 0 Å². The highest BCUT2D eigenvalue weighted by molar-refractivity contribution is 6.30. The van der Waals surface area contributed by atoms with E-state index in [0.29, 0.717) is 22.6 Å². The standard InChI is InChI=1S/C11H19ClN4/c1-8(2)16(3)5-4-14-11-10(13)6-9(12)7-15-11/h6-8H,4-5,13H2,1-3H3,(H,14,15). The molecule has 0 aromatic carbocycles. The molecule has 1 heterocycles. The summed E-state index contributed by atoms with van der Waals surface area (Å²) in [6.07, 6.45) is 1.59. The number of likely N-dealkylation sites (N-methyl/N-ethyl adjacent to an activating group) is 1. The van der Waals surface area contributed by atoms with Crippen LogP contribution in [0.4, 0.5) is 11.5 Å². The van der Waals surface area contributed by atoms with Gasteiger partial charge in [-0.2, -0.15) is 0 Å². The summed E-state index contributed by atoms with van der Waals surface area (Å²) in [4.78, 5) is 6.38. The summed E-state index contributed by atoms with van der Waals surface area (Å²) in [5, 5.41) is 3.75. The molecule has 0 bridgehead atoms. The highest BCUT2D eigenvalue weighted by Crippen LogP contribution is 2.18. The summed E-state index contributed by atoms with van der Waals surface area (Å²) < 4.78 is 0. The summed E-state index contributed by atoms with van der Waals surface area (Å²) in [6.45, 7) is 6.08. The summed E-state index contributed by atoms with van der Waals surface area (Å²) in [5.41, 5.74) is 6.36. The lowest BCUT2D eigenvalue weighted by molar-refractivity contribution is 0.284. The van der Waals surface area contributed by atoms with Gasteiger partial charge in [0.2, 0.25) is 0 Å². The first-order valence-electron chi connectivity index (χ1n) is 5.36. The van der Waals surface area contributed by atoms with Crippen molar-refractivity contribution >= 4 is 23.1 Å². The van der Waals surface area contributed by atoms with Crippen LogP contribution in [0.15, 0.2) is 12.3 Å². The van der Waals surface area contributed by atoms with E-state index in [0.717, 1.165) is 13.1 Å². The Balaban J connectivity index is 2.43. The Morgan fingerprint density at radius 1 is 1.56 bits per heavy atom. The van der Waals surface area contributed by atoms with Crippen LogP contribution in [0, 0.1) is 0 Å². The van der Waals surface area contributed by atoms with Gasteiger partial charge in [0.05, 0.1) is 10.7 Å². The zero-order chi connectivity index (χ0) is 12.1. The van der Waals surface area contributed by atoms with E-state index in [1.165, 1.54) is 0 Å². The van der Waals surface area contributed by atoms with Crippen molar-refractivity contribution in [3.63, 3.8) is 0 Å². The summed E-state index contributed by atoms with van der Waals surface area (Å²) in [7, 11) is 2.09. The van der Waals surface area contributed by atoms with Gasteiger partial charge in [-0.15, -0.1) is 0 Å². The van der Waals surface area contributed by atoms with Crippen molar-refractivity contribution < 1.29 is 0 Å². The molecule has 0 saturated heterocycles. The van der Waals surface area contributed by atoms with Crippen molar-refractivity contribution in [2.75, 3.05) is 31.2 Å². The van der Waals surface area contributed by atoms with Crippen LogP contribution in [-0.4, -0.2) is 36.1 Å². The number of hydrogen-bond donors (Lipinski definition) is 2. The Morgan fingerprint density at radius 2 is 2.25 bits per heavy atom. The number of anilines is 2. The number of nitrogens with one attached hydrogen (secondary N) is 1. The van der Waals surface area contributed by atoms with E-state index in [1.807, 2.05) is 0 Å². The molecule has 1 aromatic heterocycles. The quantitative estimate of drug-likeness (QED) is 0.830. The normalized spacial score (nSPS) is 11.1. The SMILES string of the molecule is CC(C)N(C)CCNc1ncc(Cl)cc1N. The molecule has 1 aromatic rings. The minimum absolute atomic E-state index is 0.539. The van der Waals surface area contributed by atoms with Gasteiger partial charge in [-0.1, -0.05) is 11.6 Å². The van der Waals surface area contributed by atoms with Gasteiger partial charge in [-0.3, -0.25) is 0 Å². The predicted molar refractivity (Wildman–Crippen MR) is 69.9 cm³/mol. The molecule has 0 aliphatic rings. The van der Waals surface area contributed by atoms with Crippen LogP contribution < -0.4 is 11.1 Å². The Kier molecular flexibility index (Phi) is 4.83. The minimum Gasteiger partial charge on any atom is -0.396 e. The second-order valence-corrected chi connectivity index (χ2v) is 4.53. The number of nitrogens with two attached hydrogens (primary N) is 1. The molecule has 0 radical (unpaired) electrons. The lowest BCUT2D eigenvalue weighted by atomic mass is 10.3. The van der Waals surface area contributed by atoms with Gasteiger partial charge in [0.15, 0.2) is 0 Å². The number of nitrogen functional groups attached to an aromatic ring is 1. The third-order valence-electron chi connectivity index (χ3n) is 2.52. The average Bonchev–Trinajstić information content (AvgIpc) is 2.20. The van der Waals surface area contributed by atoms with Crippen LogP contribution >= 0.6 is 11.6 Å². The molecule has 0 unspecified atom stereocenters. The Labute approximate surface area is 102 Å². The molecule has 0 fully saturated rings. The monoisotopic (exact) mass is 242 g/mol. The van der Waals surface area contributed by atoms with Gasteiger partial charge in [-0.25, -0.2) is 4.98 Å². The van der Waals surface area contributed by atoms with Crippen LogP contribution in [-0.2, 0) is 0 Å². The van der Waals surface area contributed by atoms with Crippen molar-refractivity contribution in [3.05, 3.63) is 17.3 Å². The van der Waals surface area contributed by atoms with E-state index in [2.05, 4.69) is 36.1 Å². The summed E-state index contributed by atoms with van der Waals surface area (Å²) in [5.74, 6) is 0.696. The Bertz CT molecular complexity index is 341. The maximum absolute atomic E-state index is 5.78. The van der Waals surface area contributed by atoms with E-state index >= 15 is 0 Å². The fourth-order valence-corrected chi connectivity index (χ4v) is 1.38. The van der Waals surface area contributed by atoms with Crippen molar-refractivity contribution in [2.45, 2.75) is 19.9 Å². The number of nitrogens with zero attached hydrogens (tertiary/aromatic N) is 2. The highest BCUT2D eigenvalue weighted by atomic mass is 35.5. The minimum atomic E-state index is 0.539. The molecule has 0 aliphatic carbocycles. The van der Waals surface area contributed by atoms with Crippen LogP contribution in [0.5, 0.6) is 0 Å². The lowest BCUT2D eigenvalue weighted by Crippen LogP contribution is -2.31. The molecule has 3 N–H and O–H groups in total. The number of halogens is 1. The Morgan fingerprint density at radius 3 is 2.81 bits per heavy atom. The van der Waals surface area contributed by atoms with Crippen LogP contribution in [0.2, 0.25) is 5.02 Å². The first-order valence-corrected chi connectivity index (χ1v) is 5.73. The van der Waals surface area contributed by atoms with Gasteiger partial charge in [0.25, 0.3) is 0 Å². The molecule has 0 amide bonds. The van der Waals surface area contributed by atoms with E-state index in [4.69, 9.17) is 17.3 Å². The molecule has 5 heteroatoms. The number of aromatic nitrogens is 1. The van der Waals surface area contributed by atoms with E-state index in [9.17, 15) is 0 Å². The molecular formula is C11H19ClN4. The van der Waals surface area contributed by atoms with Gasteiger partial charge >= 0.3 is 0 Å². The smallest absolute Gasteiger partial charge is 0.149 e. The van der Waals surface area contributed by atoms with E-state index in [1.54, 1.807) is 12.3 Å². The van der Waals surface area contributed by atoms with Crippen LogP contribution in [0.25, 0.3) is 0 Å². The van der Waals surface area contributed by atoms with Gasteiger partial charge in [0.1, 0.15) is 5.82 Å². The third-order valence-corrected chi connectivity index (χ3v) is 2.73. The van der Waals surface area contributed by atoms with Gasteiger partial charge < -0.3 is 16.0 Å². The third kappa shape index (κ3) is 3.87. The molecule has 1 rings (SSSR count). The van der Waals surface area contributed by atoms with Crippen molar-refractivity contribution in [1.82, 2.24) is 9.88 Å². The first-order chi connectivity index (χ1) is 7.50. The van der Waals surface area contributed by atoms with E-state index < -0.39 is 0 Å². The predicted octanol–water partition coefficient (Wildman–Crippen LogP) is 2.07. The molecule has 90 valence electrons. The number of rotatable bonds is 5.